The van der Waals surface area contributed by atoms with Crippen LogP contribution in [0, 0.1) is 11.8 Å². The van der Waals surface area contributed by atoms with Crippen LogP contribution in [-0.2, 0) is 0 Å². The van der Waals surface area contributed by atoms with E-state index >= 15 is 0 Å². The van der Waals surface area contributed by atoms with E-state index in [1.165, 1.54) is 5.57 Å². The van der Waals surface area contributed by atoms with Crippen molar-refractivity contribution < 1.29 is 9.18 Å². The number of hydrogen-bond acceptors (Lipinski definition) is 2. The molecule has 1 amide bonds. The van der Waals surface area contributed by atoms with Crippen LogP contribution < -0.4 is 0 Å². The van der Waals surface area contributed by atoms with Crippen LogP contribution in [0.3, 0.4) is 0 Å². The molecule has 2 saturated heterocycles. The number of amides is 1. The molecule has 0 radical (unpaired) electrons. The Hall–Kier alpha value is -2.72. The summed E-state index contributed by atoms with van der Waals surface area (Å²) in [4.78, 5) is 17.8. The van der Waals surface area contributed by atoms with Crippen molar-refractivity contribution in [3.05, 3.63) is 84.0 Å². The second kappa shape index (κ2) is 9.41. The first-order valence-electron chi connectivity index (χ1n) is 11.9. The monoisotopic (exact) mass is 430 g/mol. The summed E-state index contributed by atoms with van der Waals surface area (Å²) >= 11 is 0. The number of rotatable bonds is 4. The third-order valence-electron chi connectivity index (χ3n) is 7.22. The highest BCUT2D eigenvalue weighted by atomic mass is 19.1. The van der Waals surface area contributed by atoms with Gasteiger partial charge < -0.3 is 9.80 Å². The molecule has 2 aromatic rings. The number of carbonyl (C=O) groups is 1. The van der Waals surface area contributed by atoms with Crippen LogP contribution in [0.1, 0.15) is 29.6 Å². The summed E-state index contributed by atoms with van der Waals surface area (Å²) < 4.78 is 13.5. The topological polar surface area (TPSA) is 23.6 Å². The Labute approximate surface area is 189 Å². The molecule has 3 aliphatic rings. The molecule has 4 heteroatoms. The Morgan fingerprint density at radius 3 is 2.66 bits per heavy atom. The number of allylic oxidation sites excluding steroid dienone is 6. The molecule has 1 aliphatic carbocycles. The molecule has 3 nitrogen and oxygen atoms in total. The van der Waals surface area contributed by atoms with Gasteiger partial charge in [-0.2, -0.15) is 0 Å². The molecule has 0 aromatic heterocycles. The predicted molar refractivity (Wildman–Crippen MR) is 128 cm³/mol. The van der Waals surface area contributed by atoms with Gasteiger partial charge in [0.25, 0.3) is 5.91 Å². The first kappa shape index (κ1) is 21.1. The first-order valence-corrected chi connectivity index (χ1v) is 11.9. The van der Waals surface area contributed by atoms with E-state index in [4.69, 9.17) is 0 Å². The molecule has 166 valence electrons. The maximum Gasteiger partial charge on any atom is 0.254 e. The lowest BCUT2D eigenvalue weighted by Gasteiger charge is -2.34. The first-order chi connectivity index (χ1) is 15.7. The van der Waals surface area contributed by atoms with Crippen molar-refractivity contribution in [2.45, 2.75) is 25.4 Å². The fourth-order valence-corrected chi connectivity index (χ4v) is 5.43. The van der Waals surface area contributed by atoms with Gasteiger partial charge in [0.15, 0.2) is 0 Å². The molecule has 0 saturated carbocycles. The van der Waals surface area contributed by atoms with Gasteiger partial charge in [-0.15, -0.1) is 0 Å². The predicted octanol–water partition coefficient (Wildman–Crippen LogP) is 5.40. The molecule has 0 N–H and O–H groups in total. The van der Waals surface area contributed by atoms with Crippen molar-refractivity contribution >= 4 is 16.7 Å². The Kier molecular flexibility index (Phi) is 6.22. The summed E-state index contributed by atoms with van der Waals surface area (Å²) in [6.45, 7) is 4.91. The third-order valence-corrected chi connectivity index (χ3v) is 7.22. The third kappa shape index (κ3) is 4.56. The lowest BCUT2D eigenvalue weighted by Crippen LogP contribution is -2.38. The number of fused-ring (bicyclic) bond motifs is 1. The van der Waals surface area contributed by atoms with Crippen LogP contribution >= 0.6 is 0 Å². The second-order valence-electron chi connectivity index (χ2n) is 9.36. The summed E-state index contributed by atoms with van der Waals surface area (Å²) in [6.07, 6.45) is 11.5. The van der Waals surface area contributed by atoms with Gasteiger partial charge in [0, 0.05) is 25.2 Å². The zero-order valence-electron chi connectivity index (χ0n) is 18.5. The Morgan fingerprint density at radius 1 is 0.969 bits per heavy atom. The van der Waals surface area contributed by atoms with Gasteiger partial charge in [-0.05, 0) is 78.8 Å². The van der Waals surface area contributed by atoms with Crippen molar-refractivity contribution in [2.24, 2.45) is 11.8 Å². The fourth-order valence-electron chi connectivity index (χ4n) is 5.43. The molecule has 2 atom stereocenters. The number of carbonyl (C=O) groups excluding carboxylic acids is 1. The quantitative estimate of drug-likeness (QED) is 0.648. The molecule has 2 fully saturated rings. The molecule has 1 unspecified atom stereocenters. The van der Waals surface area contributed by atoms with Crippen molar-refractivity contribution in [2.75, 3.05) is 32.7 Å². The molecule has 32 heavy (non-hydrogen) atoms. The average Bonchev–Trinajstić information content (AvgIpc) is 3.18. The summed E-state index contributed by atoms with van der Waals surface area (Å²) in [5, 5.41) is 2.16. The van der Waals surface area contributed by atoms with Crippen molar-refractivity contribution in [3.63, 3.8) is 0 Å². The maximum atomic E-state index is 13.5. The van der Waals surface area contributed by atoms with Gasteiger partial charge in [0.2, 0.25) is 0 Å². The minimum atomic E-state index is -0.967. The fraction of sp³-hybridized carbons (Fsp3) is 0.393. The molecule has 0 spiro atoms. The molecule has 2 heterocycles. The lowest BCUT2D eigenvalue weighted by molar-refractivity contribution is 0.0783. The van der Waals surface area contributed by atoms with Crippen LogP contribution in [0.2, 0.25) is 0 Å². The van der Waals surface area contributed by atoms with Gasteiger partial charge in [0.1, 0.15) is 6.17 Å². The van der Waals surface area contributed by atoms with Gasteiger partial charge in [-0.3, -0.25) is 4.79 Å². The second-order valence-corrected chi connectivity index (χ2v) is 9.36. The number of nitrogens with zero attached hydrogens (tertiary/aromatic N) is 2. The number of halogens is 1. The molecular weight excluding hydrogens is 399 g/mol. The number of hydrogen-bond donors (Lipinski definition) is 0. The highest BCUT2D eigenvalue weighted by molar-refractivity contribution is 6.07. The zero-order chi connectivity index (χ0) is 21.9. The van der Waals surface area contributed by atoms with E-state index in [9.17, 15) is 9.18 Å². The maximum absolute atomic E-state index is 13.5. The molecular formula is C28H31FN2O. The van der Waals surface area contributed by atoms with Gasteiger partial charge >= 0.3 is 0 Å². The van der Waals surface area contributed by atoms with Gasteiger partial charge in [-0.25, -0.2) is 4.39 Å². The SMILES string of the molecule is O=C(c1cccc2ccccc12)N1CC[C@H](CN2CCC(C3=CC=CC(F)C=C3)CC2)C1. The number of likely N-dealkylation sites (tertiary alicyclic amines) is 2. The van der Waals surface area contributed by atoms with E-state index in [-0.39, 0.29) is 5.91 Å². The Morgan fingerprint density at radius 2 is 1.78 bits per heavy atom. The van der Waals surface area contributed by atoms with Gasteiger partial charge in [-0.1, -0.05) is 54.6 Å². The minimum absolute atomic E-state index is 0.161. The highest BCUT2D eigenvalue weighted by Crippen LogP contribution is 2.29. The van der Waals surface area contributed by atoms with E-state index in [0.717, 1.165) is 68.3 Å². The lowest BCUT2D eigenvalue weighted by atomic mass is 9.88. The number of alkyl halides is 1. The van der Waals surface area contributed by atoms with Crippen LogP contribution in [-0.4, -0.2) is 54.6 Å². The van der Waals surface area contributed by atoms with Gasteiger partial charge in [0.05, 0.1) is 0 Å². The highest BCUT2D eigenvalue weighted by Gasteiger charge is 2.30. The Bertz CT molecular complexity index is 1060. The van der Waals surface area contributed by atoms with Crippen LogP contribution in [0.25, 0.3) is 10.8 Å². The summed E-state index contributed by atoms with van der Waals surface area (Å²) in [5.41, 5.74) is 2.08. The summed E-state index contributed by atoms with van der Waals surface area (Å²) in [6, 6.07) is 14.1. The smallest absolute Gasteiger partial charge is 0.254 e. The summed E-state index contributed by atoms with van der Waals surface area (Å²) in [7, 11) is 0. The van der Waals surface area contributed by atoms with E-state index in [2.05, 4.69) is 23.1 Å². The minimum Gasteiger partial charge on any atom is -0.338 e. The van der Waals surface area contributed by atoms with Crippen molar-refractivity contribution in [1.29, 1.82) is 0 Å². The van der Waals surface area contributed by atoms with E-state index in [1.54, 1.807) is 12.2 Å². The summed E-state index contributed by atoms with van der Waals surface area (Å²) in [5.74, 6) is 1.22. The average molecular weight is 431 g/mol. The van der Waals surface area contributed by atoms with E-state index in [1.807, 2.05) is 47.4 Å². The standard InChI is InChI=1S/C28H31FN2O/c29-25-8-3-6-22(11-12-25)23-14-16-30(17-15-23)19-21-13-18-31(20-21)28(32)27-10-4-7-24-5-1-2-9-26(24)27/h1-12,21,23,25H,13-20H2/t21-,25?/m1/s1. The number of piperidine rings is 1. The normalized spacial score (nSPS) is 24.7. The molecule has 2 aromatic carbocycles. The largest absolute Gasteiger partial charge is 0.338 e. The zero-order valence-corrected chi connectivity index (χ0v) is 18.5. The molecule has 0 bridgehead atoms. The van der Waals surface area contributed by atoms with Crippen molar-refractivity contribution in [3.8, 4) is 0 Å². The number of benzene rings is 2. The van der Waals surface area contributed by atoms with E-state index < -0.39 is 6.17 Å². The Balaban J connectivity index is 1.15. The van der Waals surface area contributed by atoms with Crippen LogP contribution in [0.5, 0.6) is 0 Å². The van der Waals surface area contributed by atoms with E-state index in [0.29, 0.717) is 11.8 Å². The van der Waals surface area contributed by atoms with Crippen LogP contribution in [0.4, 0.5) is 4.39 Å². The van der Waals surface area contributed by atoms with Crippen LogP contribution in [0.15, 0.2) is 78.4 Å². The molecule has 2 aliphatic heterocycles. The molecule has 5 rings (SSSR count). The van der Waals surface area contributed by atoms with Crippen molar-refractivity contribution in [1.82, 2.24) is 9.80 Å².